The summed E-state index contributed by atoms with van der Waals surface area (Å²) in [5, 5.41) is 10.1. The Morgan fingerprint density at radius 2 is 1.70 bits per heavy atom. The van der Waals surface area contributed by atoms with Gasteiger partial charge in [0.05, 0.1) is 39.0 Å². The number of phenols is 1. The van der Waals surface area contributed by atoms with Gasteiger partial charge in [-0.25, -0.2) is 0 Å². The minimum absolute atomic E-state index is 0. The smallest absolute Gasteiger partial charge is 0.205 e. The number of quaternary nitrogens is 1. The SMILES string of the molecule is CC[NH+](CC)CCOc1c(C(=O)/C=C/c2ccc(O)cc2)c(OC)c2ccoc2c1OC.[Cl-]. The zero-order valence-corrected chi connectivity index (χ0v) is 20.1. The van der Waals surface area contributed by atoms with E-state index in [0.29, 0.717) is 34.8 Å². The fourth-order valence-corrected chi connectivity index (χ4v) is 3.62. The molecule has 0 aliphatic carbocycles. The van der Waals surface area contributed by atoms with Crippen molar-refractivity contribution in [2.24, 2.45) is 0 Å². The third kappa shape index (κ3) is 5.80. The molecular weight excluding hydrogens is 446 g/mol. The topological polar surface area (TPSA) is 82.6 Å². The number of rotatable bonds is 11. The molecule has 0 aliphatic heterocycles. The molecule has 0 saturated carbocycles. The Hall–Kier alpha value is -3.16. The molecule has 0 spiro atoms. The number of fused-ring (bicyclic) bond motifs is 1. The predicted molar refractivity (Wildman–Crippen MR) is 123 cm³/mol. The summed E-state index contributed by atoms with van der Waals surface area (Å²) in [6.07, 6.45) is 4.66. The van der Waals surface area contributed by atoms with Crippen LogP contribution in [0.4, 0.5) is 0 Å². The lowest BCUT2D eigenvalue weighted by Crippen LogP contribution is -3.12. The van der Waals surface area contributed by atoms with Gasteiger partial charge in [0.1, 0.15) is 30.2 Å². The zero-order valence-electron chi connectivity index (χ0n) is 19.3. The number of likely N-dealkylation sites (N-methyl/N-ethyl adjacent to an activating group) is 1. The molecule has 0 atom stereocenters. The van der Waals surface area contributed by atoms with Crippen LogP contribution in [0.2, 0.25) is 0 Å². The van der Waals surface area contributed by atoms with E-state index in [1.165, 1.54) is 31.5 Å². The average molecular weight is 476 g/mol. The number of aromatic hydroxyl groups is 1. The Kier molecular flexibility index (Phi) is 9.63. The second-order valence-electron chi connectivity index (χ2n) is 7.28. The van der Waals surface area contributed by atoms with Crippen molar-refractivity contribution >= 4 is 22.8 Å². The largest absolute Gasteiger partial charge is 1.00 e. The number of ketones is 1. The van der Waals surface area contributed by atoms with Gasteiger partial charge < -0.3 is 41.0 Å². The predicted octanol–water partition coefficient (Wildman–Crippen LogP) is 0.359. The van der Waals surface area contributed by atoms with Gasteiger partial charge in [-0.15, -0.1) is 0 Å². The molecule has 3 aromatic rings. The Labute approximate surface area is 199 Å². The Morgan fingerprint density at radius 3 is 2.30 bits per heavy atom. The zero-order chi connectivity index (χ0) is 23.1. The number of benzene rings is 2. The molecule has 2 N–H and O–H groups in total. The minimum Gasteiger partial charge on any atom is -1.00 e. The fourth-order valence-electron chi connectivity index (χ4n) is 3.62. The van der Waals surface area contributed by atoms with Crippen molar-refractivity contribution in [3.63, 3.8) is 0 Å². The minimum atomic E-state index is -0.290. The fraction of sp³-hybridized carbons (Fsp3) is 0.320. The normalized spacial score (nSPS) is 11.1. The molecule has 1 aromatic heterocycles. The number of ether oxygens (including phenoxy) is 3. The molecule has 2 aromatic carbocycles. The second-order valence-corrected chi connectivity index (χ2v) is 7.28. The number of hydrogen-bond acceptors (Lipinski definition) is 6. The highest BCUT2D eigenvalue weighted by Gasteiger charge is 2.28. The quantitative estimate of drug-likeness (QED) is 0.308. The van der Waals surface area contributed by atoms with Crippen LogP contribution in [0.3, 0.4) is 0 Å². The van der Waals surface area contributed by atoms with Crippen molar-refractivity contribution in [3.05, 3.63) is 53.8 Å². The van der Waals surface area contributed by atoms with Crippen molar-refractivity contribution in [1.82, 2.24) is 0 Å². The highest BCUT2D eigenvalue weighted by atomic mass is 35.5. The van der Waals surface area contributed by atoms with E-state index in [9.17, 15) is 9.90 Å². The van der Waals surface area contributed by atoms with Gasteiger partial charge in [0.15, 0.2) is 17.1 Å². The van der Waals surface area contributed by atoms with Gasteiger partial charge in [0, 0.05) is 0 Å². The first kappa shape index (κ1) is 26.1. The van der Waals surface area contributed by atoms with E-state index < -0.39 is 0 Å². The highest BCUT2D eigenvalue weighted by molar-refractivity contribution is 6.15. The summed E-state index contributed by atoms with van der Waals surface area (Å²) in [4.78, 5) is 14.7. The summed E-state index contributed by atoms with van der Waals surface area (Å²) in [6.45, 7) is 7.41. The second kappa shape index (κ2) is 12.2. The van der Waals surface area contributed by atoms with Crippen LogP contribution in [0, 0.1) is 0 Å². The van der Waals surface area contributed by atoms with Crippen LogP contribution >= 0.6 is 0 Å². The van der Waals surface area contributed by atoms with Gasteiger partial charge in [-0.3, -0.25) is 4.79 Å². The van der Waals surface area contributed by atoms with E-state index in [2.05, 4.69) is 13.8 Å². The van der Waals surface area contributed by atoms with Crippen LogP contribution < -0.4 is 31.5 Å². The van der Waals surface area contributed by atoms with Gasteiger partial charge >= 0.3 is 0 Å². The third-order valence-corrected chi connectivity index (χ3v) is 5.45. The number of hydrogen-bond donors (Lipinski definition) is 2. The summed E-state index contributed by atoms with van der Waals surface area (Å²) in [6, 6.07) is 8.31. The summed E-state index contributed by atoms with van der Waals surface area (Å²) >= 11 is 0. The molecule has 33 heavy (non-hydrogen) atoms. The van der Waals surface area contributed by atoms with E-state index in [-0.39, 0.29) is 29.5 Å². The lowest BCUT2D eigenvalue weighted by Gasteiger charge is -2.19. The highest BCUT2D eigenvalue weighted by Crippen LogP contribution is 2.46. The lowest BCUT2D eigenvalue weighted by molar-refractivity contribution is -0.896. The number of methoxy groups -OCH3 is 2. The van der Waals surface area contributed by atoms with Crippen LogP contribution in [0.1, 0.15) is 29.8 Å². The van der Waals surface area contributed by atoms with E-state index in [4.69, 9.17) is 18.6 Å². The van der Waals surface area contributed by atoms with Crippen molar-refractivity contribution in [3.8, 4) is 23.0 Å². The summed E-state index contributed by atoms with van der Waals surface area (Å²) in [5.41, 5.74) is 1.52. The van der Waals surface area contributed by atoms with Crippen molar-refractivity contribution in [2.45, 2.75) is 13.8 Å². The maximum absolute atomic E-state index is 13.3. The molecule has 3 rings (SSSR count). The summed E-state index contributed by atoms with van der Waals surface area (Å²) in [7, 11) is 3.03. The van der Waals surface area contributed by atoms with E-state index in [1.54, 1.807) is 36.4 Å². The van der Waals surface area contributed by atoms with Crippen LogP contribution in [0.5, 0.6) is 23.0 Å². The molecule has 0 bridgehead atoms. The molecule has 0 amide bonds. The molecular formula is C25H30ClNO6. The van der Waals surface area contributed by atoms with Gasteiger partial charge in [0.2, 0.25) is 5.75 Å². The molecule has 7 nitrogen and oxygen atoms in total. The van der Waals surface area contributed by atoms with E-state index >= 15 is 0 Å². The molecule has 0 unspecified atom stereocenters. The maximum Gasteiger partial charge on any atom is 0.205 e. The molecule has 0 saturated heterocycles. The van der Waals surface area contributed by atoms with Crippen molar-refractivity contribution in [1.29, 1.82) is 0 Å². The molecule has 0 aliphatic rings. The first-order valence-electron chi connectivity index (χ1n) is 10.7. The van der Waals surface area contributed by atoms with E-state index in [1.807, 2.05) is 0 Å². The van der Waals surface area contributed by atoms with Crippen LogP contribution in [-0.4, -0.2) is 51.4 Å². The number of phenolic OH excluding ortho intramolecular Hbond substituents is 1. The first-order valence-corrected chi connectivity index (χ1v) is 10.7. The maximum atomic E-state index is 13.3. The number of carbonyl (C=O) groups excluding carboxylic acids is 1. The van der Waals surface area contributed by atoms with E-state index in [0.717, 1.165) is 25.2 Å². The third-order valence-electron chi connectivity index (χ3n) is 5.45. The first-order chi connectivity index (χ1) is 15.5. The Balaban J connectivity index is 0.00000385. The lowest BCUT2D eigenvalue weighted by atomic mass is 10.0. The number of halogens is 1. The van der Waals surface area contributed by atoms with Crippen molar-refractivity contribution in [2.75, 3.05) is 40.5 Å². The standard InChI is InChI=1S/C25H29NO6.ClH/c1-5-26(6-2)14-16-32-24-21(20(28)12-9-17-7-10-18(27)11-8-17)22(29-3)19-13-15-31-23(19)25(24)30-4;/h7-13,15,27H,5-6,14,16H2,1-4H3;1H/b12-9+;. The van der Waals surface area contributed by atoms with Crippen LogP contribution in [0.25, 0.3) is 17.0 Å². The average Bonchev–Trinajstić information content (AvgIpc) is 3.29. The number of carbonyl (C=O) groups is 1. The van der Waals surface area contributed by atoms with Crippen molar-refractivity contribution < 1.29 is 45.8 Å². The van der Waals surface area contributed by atoms with Gasteiger partial charge in [-0.1, -0.05) is 18.2 Å². The number of furan rings is 1. The Bertz CT molecular complexity index is 1090. The molecule has 1 heterocycles. The van der Waals surface area contributed by atoms with Crippen LogP contribution in [0.15, 0.2) is 47.1 Å². The van der Waals surface area contributed by atoms with Gasteiger partial charge in [-0.05, 0) is 43.7 Å². The molecule has 0 fully saturated rings. The Morgan fingerprint density at radius 1 is 1.03 bits per heavy atom. The monoisotopic (exact) mass is 475 g/mol. The molecule has 178 valence electrons. The van der Waals surface area contributed by atoms with Gasteiger partial charge in [-0.2, -0.15) is 0 Å². The number of nitrogens with one attached hydrogen (secondary N) is 1. The number of allylic oxidation sites excluding steroid dienone is 1. The molecule has 8 heteroatoms. The van der Waals surface area contributed by atoms with Crippen LogP contribution in [-0.2, 0) is 0 Å². The summed E-state index contributed by atoms with van der Waals surface area (Å²) < 4.78 is 23.0. The summed E-state index contributed by atoms with van der Waals surface area (Å²) in [5.74, 6) is 0.915. The van der Waals surface area contributed by atoms with Gasteiger partial charge in [0.25, 0.3) is 0 Å². The molecule has 0 radical (unpaired) electrons.